The second-order valence-corrected chi connectivity index (χ2v) is 3.69. The van der Waals surface area contributed by atoms with Gasteiger partial charge in [-0.1, -0.05) is 30.0 Å². The molecule has 0 saturated heterocycles. The summed E-state index contributed by atoms with van der Waals surface area (Å²) in [6.45, 7) is 3.43. The van der Waals surface area contributed by atoms with Crippen molar-refractivity contribution in [2.75, 3.05) is 0 Å². The van der Waals surface area contributed by atoms with Crippen LogP contribution in [0.1, 0.15) is 11.7 Å². The number of hydrogen-bond donors (Lipinski definition) is 1. The molecule has 1 N–H and O–H groups in total. The Morgan fingerprint density at radius 1 is 1.29 bits per heavy atom. The zero-order valence-corrected chi connectivity index (χ0v) is 8.18. The van der Waals surface area contributed by atoms with E-state index in [1.165, 1.54) is 6.08 Å². The molecule has 0 aliphatic carbocycles. The molecule has 0 aromatic heterocycles. The first kappa shape index (κ1) is 11.2. The molecule has 1 atom stereocenters. The molecule has 0 heterocycles. The molecule has 0 aliphatic heterocycles. The van der Waals surface area contributed by atoms with Gasteiger partial charge < -0.3 is 5.11 Å². The summed E-state index contributed by atoms with van der Waals surface area (Å²) >= 11 is 0.486. The summed E-state index contributed by atoms with van der Waals surface area (Å²) in [4.78, 5) is 0.486. The fraction of sp³-hybridized carbons (Fsp3) is 0.200. The van der Waals surface area contributed by atoms with Crippen LogP contribution in [-0.2, 0) is 0 Å². The van der Waals surface area contributed by atoms with Crippen LogP contribution in [0.3, 0.4) is 0 Å². The molecule has 0 amide bonds. The fourth-order valence-electron chi connectivity index (χ4n) is 0.983. The van der Waals surface area contributed by atoms with Gasteiger partial charge in [-0.05, 0) is 17.7 Å². The van der Waals surface area contributed by atoms with Crippen LogP contribution in [0.2, 0.25) is 0 Å². The summed E-state index contributed by atoms with van der Waals surface area (Å²) in [5.74, 6) is -2.41. The lowest BCUT2D eigenvalue weighted by molar-refractivity contribution is 0.229. The van der Waals surface area contributed by atoms with Crippen LogP contribution in [0.4, 0.5) is 8.78 Å². The topological polar surface area (TPSA) is 20.2 Å². The quantitative estimate of drug-likeness (QED) is 0.616. The average molecular weight is 216 g/mol. The van der Waals surface area contributed by atoms with Crippen LogP contribution < -0.4 is 0 Å². The van der Waals surface area contributed by atoms with E-state index < -0.39 is 11.9 Å². The molecule has 1 aromatic carbocycles. The van der Waals surface area contributed by atoms with E-state index in [1.54, 1.807) is 24.3 Å². The Bertz CT molecular complexity index is 297. The van der Waals surface area contributed by atoms with Crippen molar-refractivity contribution in [2.45, 2.75) is 16.8 Å². The van der Waals surface area contributed by atoms with Crippen LogP contribution in [-0.4, -0.2) is 10.9 Å². The standard InChI is InChI=1S/C10H10F2OS/c1-2-9(13)7-3-5-8(6-4-7)14-10(11)12/h2-6,9-10,13H,1H2. The zero-order valence-electron chi connectivity index (χ0n) is 7.36. The van der Waals surface area contributed by atoms with E-state index in [4.69, 9.17) is 0 Å². The largest absolute Gasteiger partial charge is 0.384 e. The minimum absolute atomic E-state index is 0.486. The van der Waals surface area contributed by atoms with E-state index in [-0.39, 0.29) is 0 Å². The summed E-state index contributed by atoms with van der Waals surface area (Å²) in [7, 11) is 0. The maximum absolute atomic E-state index is 11.9. The molecule has 0 bridgehead atoms. The highest BCUT2D eigenvalue weighted by Crippen LogP contribution is 2.26. The van der Waals surface area contributed by atoms with Gasteiger partial charge in [-0.15, -0.1) is 6.58 Å². The van der Waals surface area contributed by atoms with E-state index in [9.17, 15) is 13.9 Å². The predicted molar refractivity (Wildman–Crippen MR) is 53.5 cm³/mol. The Kier molecular flexibility index (Phi) is 4.10. The number of benzene rings is 1. The zero-order chi connectivity index (χ0) is 10.6. The maximum Gasteiger partial charge on any atom is 0.288 e. The molecule has 76 valence electrons. The Morgan fingerprint density at radius 2 is 1.86 bits per heavy atom. The maximum atomic E-state index is 11.9. The molecule has 4 heteroatoms. The number of aliphatic hydroxyl groups is 1. The van der Waals surface area contributed by atoms with Crippen LogP contribution in [0.25, 0.3) is 0 Å². The Labute approximate surface area is 85.4 Å². The monoisotopic (exact) mass is 216 g/mol. The number of aliphatic hydroxyl groups excluding tert-OH is 1. The first-order valence-corrected chi connectivity index (χ1v) is 4.87. The number of thioether (sulfide) groups is 1. The molecule has 1 rings (SSSR count). The van der Waals surface area contributed by atoms with Gasteiger partial charge in [0.05, 0.1) is 6.10 Å². The van der Waals surface area contributed by atoms with E-state index in [2.05, 4.69) is 6.58 Å². The molecule has 0 spiro atoms. The van der Waals surface area contributed by atoms with Gasteiger partial charge in [-0.2, -0.15) is 8.78 Å². The molecule has 14 heavy (non-hydrogen) atoms. The van der Waals surface area contributed by atoms with Crippen LogP contribution in [0, 0.1) is 0 Å². The molecule has 0 fully saturated rings. The predicted octanol–water partition coefficient (Wildman–Crippen LogP) is 3.22. The third-order valence-electron chi connectivity index (χ3n) is 1.67. The SMILES string of the molecule is C=CC(O)c1ccc(SC(F)F)cc1. The van der Waals surface area contributed by atoms with Crippen molar-refractivity contribution in [3.8, 4) is 0 Å². The Hall–Kier alpha value is -0.870. The van der Waals surface area contributed by atoms with Crippen molar-refractivity contribution in [1.82, 2.24) is 0 Å². The summed E-state index contributed by atoms with van der Waals surface area (Å²) < 4.78 is 23.9. The van der Waals surface area contributed by atoms with Crippen LogP contribution in [0.15, 0.2) is 41.8 Å². The summed E-state index contributed by atoms with van der Waals surface area (Å²) in [6.07, 6.45) is 0.649. The first-order chi connectivity index (χ1) is 6.63. The summed E-state index contributed by atoms with van der Waals surface area (Å²) in [5.41, 5.74) is 0.651. The van der Waals surface area contributed by atoms with Crippen molar-refractivity contribution in [1.29, 1.82) is 0 Å². The third kappa shape index (κ3) is 3.12. The Morgan fingerprint density at radius 3 is 2.29 bits per heavy atom. The second-order valence-electron chi connectivity index (χ2n) is 2.63. The molecule has 0 radical (unpaired) electrons. The van der Waals surface area contributed by atoms with Gasteiger partial charge in [0.2, 0.25) is 0 Å². The van der Waals surface area contributed by atoms with Crippen molar-refractivity contribution >= 4 is 11.8 Å². The fourth-order valence-corrected chi connectivity index (χ4v) is 1.48. The van der Waals surface area contributed by atoms with Gasteiger partial charge in [0.15, 0.2) is 0 Å². The summed E-state index contributed by atoms with van der Waals surface area (Å²) in [6, 6.07) is 6.33. The minimum Gasteiger partial charge on any atom is -0.384 e. The first-order valence-electron chi connectivity index (χ1n) is 3.99. The highest BCUT2D eigenvalue weighted by Gasteiger charge is 2.06. The number of hydrogen-bond acceptors (Lipinski definition) is 2. The summed E-state index contributed by atoms with van der Waals surface area (Å²) in [5, 5.41) is 9.33. The lowest BCUT2D eigenvalue weighted by atomic mass is 10.1. The molecule has 1 nitrogen and oxygen atoms in total. The van der Waals surface area contributed by atoms with Gasteiger partial charge >= 0.3 is 0 Å². The van der Waals surface area contributed by atoms with E-state index in [0.717, 1.165) is 0 Å². The number of rotatable bonds is 4. The van der Waals surface area contributed by atoms with Crippen molar-refractivity contribution in [2.24, 2.45) is 0 Å². The molecule has 0 aliphatic rings. The van der Waals surface area contributed by atoms with Gasteiger partial charge in [0, 0.05) is 4.90 Å². The second kappa shape index (κ2) is 5.12. The molecular weight excluding hydrogens is 206 g/mol. The lowest BCUT2D eigenvalue weighted by Crippen LogP contribution is -1.91. The van der Waals surface area contributed by atoms with E-state index in [1.807, 2.05) is 0 Å². The van der Waals surface area contributed by atoms with E-state index >= 15 is 0 Å². The normalized spacial score (nSPS) is 12.9. The lowest BCUT2D eigenvalue weighted by Gasteiger charge is -2.06. The van der Waals surface area contributed by atoms with Gasteiger partial charge in [0.1, 0.15) is 0 Å². The van der Waals surface area contributed by atoms with Crippen molar-refractivity contribution in [3.05, 3.63) is 42.5 Å². The van der Waals surface area contributed by atoms with Crippen LogP contribution in [0.5, 0.6) is 0 Å². The smallest absolute Gasteiger partial charge is 0.288 e. The van der Waals surface area contributed by atoms with Crippen molar-refractivity contribution in [3.63, 3.8) is 0 Å². The van der Waals surface area contributed by atoms with Crippen molar-refractivity contribution < 1.29 is 13.9 Å². The number of alkyl halides is 2. The van der Waals surface area contributed by atoms with Crippen LogP contribution >= 0.6 is 11.8 Å². The average Bonchev–Trinajstić information content (AvgIpc) is 2.17. The third-order valence-corrected chi connectivity index (χ3v) is 2.39. The van der Waals surface area contributed by atoms with Gasteiger partial charge in [-0.25, -0.2) is 0 Å². The molecule has 1 aromatic rings. The Balaban J connectivity index is 2.73. The molecule has 0 saturated carbocycles. The minimum atomic E-state index is -2.41. The van der Waals surface area contributed by atoms with E-state index in [0.29, 0.717) is 22.2 Å². The highest BCUT2D eigenvalue weighted by atomic mass is 32.2. The molecule has 1 unspecified atom stereocenters. The number of halogens is 2. The van der Waals surface area contributed by atoms with Gasteiger partial charge in [-0.3, -0.25) is 0 Å². The molecular formula is C10H10F2OS. The van der Waals surface area contributed by atoms with Gasteiger partial charge in [0.25, 0.3) is 5.76 Å². The highest BCUT2D eigenvalue weighted by molar-refractivity contribution is 7.99.